The molecule has 7 heteroatoms. The predicted molar refractivity (Wildman–Crippen MR) is 62.0 cm³/mol. The molecule has 0 atom stereocenters. The molecule has 0 amide bonds. The molecule has 0 unspecified atom stereocenters. The second kappa shape index (κ2) is 7.40. The number of piperazine rings is 1. The minimum atomic E-state index is -3.09. The van der Waals surface area contributed by atoms with E-state index in [1.807, 2.05) is 6.92 Å². The standard InChI is InChI=1S/C8H18N2O3S.ClH/c1-2-13-7-8-14(11,12)10-5-3-9-4-6-10;/h9H,2-8H2,1H3;1H. The van der Waals surface area contributed by atoms with Crippen LogP contribution in [0.5, 0.6) is 0 Å². The van der Waals surface area contributed by atoms with Crippen LogP contribution in [0.15, 0.2) is 0 Å². The van der Waals surface area contributed by atoms with Crippen LogP contribution in [0.4, 0.5) is 0 Å². The van der Waals surface area contributed by atoms with Gasteiger partial charge in [0.15, 0.2) is 0 Å². The van der Waals surface area contributed by atoms with Crippen molar-refractivity contribution in [3.63, 3.8) is 0 Å². The molecule has 0 bridgehead atoms. The lowest BCUT2D eigenvalue weighted by molar-refractivity contribution is 0.162. The number of halogens is 1. The van der Waals surface area contributed by atoms with Crippen LogP contribution >= 0.6 is 12.4 Å². The summed E-state index contributed by atoms with van der Waals surface area (Å²) in [5.41, 5.74) is 0. The van der Waals surface area contributed by atoms with E-state index in [0.29, 0.717) is 26.3 Å². The molecule has 0 saturated carbocycles. The number of rotatable bonds is 5. The maximum Gasteiger partial charge on any atom is 0.216 e. The second-order valence-electron chi connectivity index (χ2n) is 3.16. The minimum Gasteiger partial charge on any atom is -0.381 e. The number of ether oxygens (including phenoxy) is 1. The van der Waals surface area contributed by atoms with Crippen LogP contribution in [0.2, 0.25) is 0 Å². The van der Waals surface area contributed by atoms with Crippen LogP contribution in [0.1, 0.15) is 6.92 Å². The Hall–Kier alpha value is 0.120. The van der Waals surface area contributed by atoms with E-state index in [1.165, 1.54) is 4.31 Å². The van der Waals surface area contributed by atoms with E-state index in [4.69, 9.17) is 4.74 Å². The number of sulfonamides is 1. The van der Waals surface area contributed by atoms with Gasteiger partial charge in [-0.25, -0.2) is 8.42 Å². The highest BCUT2D eigenvalue weighted by Crippen LogP contribution is 2.02. The van der Waals surface area contributed by atoms with Crippen molar-refractivity contribution in [3.05, 3.63) is 0 Å². The molecule has 0 aromatic heterocycles. The first-order valence-corrected chi connectivity index (χ1v) is 6.54. The normalized spacial score (nSPS) is 18.5. The van der Waals surface area contributed by atoms with Crippen molar-refractivity contribution in [2.45, 2.75) is 6.92 Å². The fourth-order valence-electron chi connectivity index (χ4n) is 1.36. The molecule has 92 valence electrons. The topological polar surface area (TPSA) is 58.6 Å². The van der Waals surface area contributed by atoms with Crippen LogP contribution in [-0.2, 0) is 14.8 Å². The van der Waals surface area contributed by atoms with E-state index in [1.54, 1.807) is 0 Å². The first-order valence-electron chi connectivity index (χ1n) is 4.93. The van der Waals surface area contributed by atoms with Crippen molar-refractivity contribution in [2.75, 3.05) is 45.1 Å². The summed E-state index contributed by atoms with van der Waals surface area (Å²) >= 11 is 0. The first kappa shape index (κ1) is 15.1. The number of nitrogens with zero attached hydrogens (tertiary/aromatic N) is 1. The van der Waals surface area contributed by atoms with Crippen molar-refractivity contribution >= 4 is 22.4 Å². The Morgan fingerprint density at radius 2 is 1.93 bits per heavy atom. The van der Waals surface area contributed by atoms with Crippen molar-refractivity contribution in [1.29, 1.82) is 0 Å². The van der Waals surface area contributed by atoms with Crippen molar-refractivity contribution in [3.8, 4) is 0 Å². The van der Waals surface area contributed by atoms with Gasteiger partial charge in [0.1, 0.15) is 0 Å². The molecule has 15 heavy (non-hydrogen) atoms. The van der Waals surface area contributed by atoms with Gasteiger partial charge in [-0.3, -0.25) is 0 Å². The highest BCUT2D eigenvalue weighted by atomic mass is 35.5. The largest absolute Gasteiger partial charge is 0.381 e. The lowest BCUT2D eigenvalue weighted by Gasteiger charge is -2.26. The molecule has 1 fully saturated rings. The van der Waals surface area contributed by atoms with E-state index < -0.39 is 10.0 Å². The Kier molecular flexibility index (Phi) is 7.46. The number of hydrogen-bond acceptors (Lipinski definition) is 4. The monoisotopic (exact) mass is 258 g/mol. The quantitative estimate of drug-likeness (QED) is 0.687. The Labute approximate surface area is 97.6 Å². The van der Waals surface area contributed by atoms with Gasteiger partial charge in [-0.1, -0.05) is 0 Å². The van der Waals surface area contributed by atoms with Gasteiger partial charge in [0.05, 0.1) is 12.4 Å². The van der Waals surface area contributed by atoms with Crippen molar-refractivity contribution in [2.24, 2.45) is 0 Å². The van der Waals surface area contributed by atoms with E-state index in [9.17, 15) is 8.42 Å². The molecule has 0 spiro atoms. The fraction of sp³-hybridized carbons (Fsp3) is 1.00. The summed E-state index contributed by atoms with van der Waals surface area (Å²) in [6.07, 6.45) is 0. The average Bonchev–Trinajstić information content (AvgIpc) is 2.19. The van der Waals surface area contributed by atoms with Crippen LogP contribution in [0, 0.1) is 0 Å². The van der Waals surface area contributed by atoms with Gasteiger partial charge in [-0.2, -0.15) is 4.31 Å². The zero-order valence-corrected chi connectivity index (χ0v) is 10.6. The van der Waals surface area contributed by atoms with Crippen LogP contribution < -0.4 is 5.32 Å². The summed E-state index contributed by atoms with van der Waals surface area (Å²) in [5, 5.41) is 3.12. The molecule has 1 saturated heterocycles. The third-order valence-electron chi connectivity index (χ3n) is 2.16. The Bertz CT molecular complexity index is 253. The van der Waals surface area contributed by atoms with Gasteiger partial charge in [-0.15, -0.1) is 12.4 Å². The first-order chi connectivity index (χ1) is 6.67. The summed E-state index contributed by atoms with van der Waals surface area (Å²) in [7, 11) is -3.09. The van der Waals surface area contributed by atoms with Crippen LogP contribution in [0.25, 0.3) is 0 Å². The Morgan fingerprint density at radius 3 is 2.47 bits per heavy atom. The Balaban J connectivity index is 0.00000196. The molecule has 0 radical (unpaired) electrons. The lowest BCUT2D eigenvalue weighted by Crippen LogP contribution is -2.47. The lowest BCUT2D eigenvalue weighted by atomic mass is 10.4. The van der Waals surface area contributed by atoms with E-state index >= 15 is 0 Å². The number of hydrogen-bond donors (Lipinski definition) is 1. The summed E-state index contributed by atoms with van der Waals surface area (Å²) in [4.78, 5) is 0. The molecule has 5 nitrogen and oxygen atoms in total. The van der Waals surface area contributed by atoms with Crippen molar-refractivity contribution < 1.29 is 13.2 Å². The third-order valence-corrected chi connectivity index (χ3v) is 3.99. The molecule has 1 aliphatic heterocycles. The smallest absolute Gasteiger partial charge is 0.216 e. The van der Waals surface area contributed by atoms with Crippen LogP contribution in [-0.4, -0.2) is 57.9 Å². The zero-order valence-electron chi connectivity index (χ0n) is 8.94. The summed E-state index contributed by atoms with van der Waals surface area (Å²) in [6.45, 7) is 5.36. The van der Waals surface area contributed by atoms with Gasteiger partial charge in [0, 0.05) is 32.8 Å². The zero-order chi connectivity index (χ0) is 10.4. The van der Waals surface area contributed by atoms with E-state index in [0.717, 1.165) is 13.1 Å². The second-order valence-corrected chi connectivity index (χ2v) is 5.25. The molecule has 1 heterocycles. The van der Waals surface area contributed by atoms with Crippen molar-refractivity contribution in [1.82, 2.24) is 9.62 Å². The predicted octanol–water partition coefficient (Wildman–Crippen LogP) is -0.320. The van der Waals surface area contributed by atoms with Gasteiger partial charge in [-0.05, 0) is 6.92 Å². The molecule has 0 aromatic rings. The minimum absolute atomic E-state index is 0. The van der Waals surface area contributed by atoms with Gasteiger partial charge in [0.2, 0.25) is 10.0 Å². The maximum absolute atomic E-state index is 11.7. The number of nitrogens with one attached hydrogen (secondary N) is 1. The molecule has 1 N–H and O–H groups in total. The SMILES string of the molecule is CCOCCS(=O)(=O)N1CCNCC1.Cl. The molecule has 0 aliphatic carbocycles. The molecule has 1 aliphatic rings. The highest BCUT2D eigenvalue weighted by Gasteiger charge is 2.22. The summed E-state index contributed by atoms with van der Waals surface area (Å²) in [6, 6.07) is 0. The Morgan fingerprint density at radius 1 is 1.33 bits per heavy atom. The molecule has 1 rings (SSSR count). The third kappa shape index (κ3) is 5.12. The molecular weight excluding hydrogens is 240 g/mol. The summed E-state index contributed by atoms with van der Waals surface area (Å²) < 4.78 is 29.9. The average molecular weight is 259 g/mol. The van der Waals surface area contributed by atoms with E-state index in [-0.39, 0.29) is 18.2 Å². The van der Waals surface area contributed by atoms with Gasteiger partial charge < -0.3 is 10.1 Å². The fourth-order valence-corrected chi connectivity index (χ4v) is 2.69. The van der Waals surface area contributed by atoms with Crippen LogP contribution in [0.3, 0.4) is 0 Å². The molecular formula is C8H19ClN2O3S. The van der Waals surface area contributed by atoms with Gasteiger partial charge in [0.25, 0.3) is 0 Å². The molecule has 0 aromatic carbocycles. The highest BCUT2D eigenvalue weighted by molar-refractivity contribution is 7.89. The summed E-state index contributed by atoms with van der Waals surface area (Å²) in [5.74, 6) is 0.0981. The van der Waals surface area contributed by atoms with Gasteiger partial charge >= 0.3 is 0 Å². The van der Waals surface area contributed by atoms with E-state index in [2.05, 4.69) is 5.32 Å². The maximum atomic E-state index is 11.7.